The standard InChI is InChI=1S/C20H25N5O2/c1-14-22-18-16(13-21-25(18)20(2,3)4)19(27)24(14)12-11-17(26)23(5)15-9-7-6-8-10-15/h6-10,13H,11-12H2,1-5H3. The molecule has 3 rings (SSSR count). The summed E-state index contributed by atoms with van der Waals surface area (Å²) in [5.41, 5.74) is 0.970. The molecular weight excluding hydrogens is 342 g/mol. The number of rotatable bonds is 4. The third-order valence-corrected chi connectivity index (χ3v) is 4.58. The van der Waals surface area contributed by atoms with Crippen LogP contribution in [0.2, 0.25) is 0 Å². The summed E-state index contributed by atoms with van der Waals surface area (Å²) >= 11 is 0. The molecule has 0 aliphatic carbocycles. The first-order valence-corrected chi connectivity index (χ1v) is 8.97. The van der Waals surface area contributed by atoms with Gasteiger partial charge < -0.3 is 4.90 Å². The summed E-state index contributed by atoms with van der Waals surface area (Å²) in [6, 6.07) is 9.44. The number of fused-ring (bicyclic) bond motifs is 1. The van der Waals surface area contributed by atoms with E-state index >= 15 is 0 Å². The van der Waals surface area contributed by atoms with Crippen LogP contribution in [0.15, 0.2) is 41.3 Å². The van der Waals surface area contributed by atoms with Crippen LogP contribution in [0.25, 0.3) is 11.0 Å². The molecule has 0 spiro atoms. The molecule has 1 aromatic carbocycles. The lowest BCUT2D eigenvalue weighted by Gasteiger charge is -2.20. The molecule has 0 N–H and O–H groups in total. The van der Waals surface area contributed by atoms with Gasteiger partial charge in [-0.1, -0.05) is 18.2 Å². The van der Waals surface area contributed by atoms with Crippen molar-refractivity contribution in [2.24, 2.45) is 0 Å². The van der Waals surface area contributed by atoms with Gasteiger partial charge in [-0.05, 0) is 39.8 Å². The van der Waals surface area contributed by atoms with Gasteiger partial charge in [0, 0.05) is 25.7 Å². The molecule has 27 heavy (non-hydrogen) atoms. The lowest BCUT2D eigenvalue weighted by atomic mass is 10.1. The molecule has 0 aliphatic rings. The molecule has 1 amide bonds. The quantitative estimate of drug-likeness (QED) is 0.711. The van der Waals surface area contributed by atoms with Crippen LogP contribution in [0.5, 0.6) is 0 Å². The molecule has 0 atom stereocenters. The number of nitrogens with zero attached hydrogens (tertiary/aromatic N) is 5. The summed E-state index contributed by atoms with van der Waals surface area (Å²) in [6.07, 6.45) is 1.77. The van der Waals surface area contributed by atoms with Gasteiger partial charge in [-0.2, -0.15) is 5.10 Å². The number of hydrogen-bond donors (Lipinski definition) is 0. The summed E-state index contributed by atoms with van der Waals surface area (Å²) in [6.45, 7) is 8.11. The Bertz CT molecular complexity index is 1030. The maximum absolute atomic E-state index is 12.9. The van der Waals surface area contributed by atoms with Gasteiger partial charge in [0.1, 0.15) is 11.2 Å². The van der Waals surface area contributed by atoms with Crippen LogP contribution in [-0.2, 0) is 16.9 Å². The molecule has 7 nitrogen and oxygen atoms in total. The van der Waals surface area contributed by atoms with E-state index in [9.17, 15) is 9.59 Å². The third kappa shape index (κ3) is 3.63. The molecular formula is C20H25N5O2. The summed E-state index contributed by atoms with van der Waals surface area (Å²) in [5.74, 6) is 0.520. The van der Waals surface area contributed by atoms with E-state index in [-0.39, 0.29) is 30.0 Å². The molecule has 0 fully saturated rings. The zero-order chi connectivity index (χ0) is 19.8. The van der Waals surface area contributed by atoms with E-state index in [1.165, 1.54) is 0 Å². The smallest absolute Gasteiger partial charge is 0.264 e. The van der Waals surface area contributed by atoms with Crippen molar-refractivity contribution in [1.29, 1.82) is 0 Å². The lowest BCUT2D eigenvalue weighted by molar-refractivity contribution is -0.118. The highest BCUT2D eigenvalue weighted by Gasteiger charge is 2.21. The van der Waals surface area contributed by atoms with E-state index in [4.69, 9.17) is 0 Å². The van der Waals surface area contributed by atoms with Crippen LogP contribution in [0.1, 0.15) is 33.0 Å². The predicted molar refractivity (Wildman–Crippen MR) is 106 cm³/mol. The molecule has 0 radical (unpaired) electrons. The first-order valence-electron chi connectivity index (χ1n) is 8.97. The number of benzene rings is 1. The van der Waals surface area contributed by atoms with Crippen molar-refractivity contribution in [2.75, 3.05) is 11.9 Å². The second-order valence-electron chi connectivity index (χ2n) is 7.62. The second kappa shape index (κ2) is 6.98. The number of aromatic nitrogens is 4. The Morgan fingerprint density at radius 3 is 2.48 bits per heavy atom. The molecule has 3 aromatic rings. The van der Waals surface area contributed by atoms with Crippen LogP contribution >= 0.6 is 0 Å². The van der Waals surface area contributed by atoms with Crippen molar-refractivity contribution in [3.05, 3.63) is 52.7 Å². The average Bonchev–Trinajstić information content (AvgIpc) is 3.05. The Kier molecular flexibility index (Phi) is 4.87. The number of carbonyl (C=O) groups is 1. The van der Waals surface area contributed by atoms with Gasteiger partial charge in [0.05, 0.1) is 11.7 Å². The molecule has 0 bridgehead atoms. The number of aryl methyl sites for hydroxylation is 1. The summed E-state index contributed by atoms with van der Waals surface area (Å²) in [7, 11) is 1.74. The van der Waals surface area contributed by atoms with Gasteiger partial charge in [0.15, 0.2) is 5.65 Å². The first-order chi connectivity index (χ1) is 12.7. The fraction of sp³-hybridized carbons (Fsp3) is 0.400. The van der Waals surface area contributed by atoms with Gasteiger partial charge in [-0.25, -0.2) is 9.67 Å². The Morgan fingerprint density at radius 2 is 1.85 bits per heavy atom. The molecule has 0 saturated carbocycles. The highest BCUT2D eigenvalue weighted by atomic mass is 16.2. The maximum Gasteiger partial charge on any atom is 0.264 e. The van der Waals surface area contributed by atoms with Crippen molar-refractivity contribution in [1.82, 2.24) is 19.3 Å². The summed E-state index contributed by atoms with van der Waals surface area (Å²) in [5, 5.41) is 4.81. The lowest BCUT2D eigenvalue weighted by Crippen LogP contribution is -2.31. The van der Waals surface area contributed by atoms with Gasteiger partial charge in [0.25, 0.3) is 5.56 Å². The van der Waals surface area contributed by atoms with Gasteiger partial charge >= 0.3 is 0 Å². The molecule has 2 aromatic heterocycles. The second-order valence-corrected chi connectivity index (χ2v) is 7.62. The minimum atomic E-state index is -0.270. The fourth-order valence-electron chi connectivity index (χ4n) is 3.03. The zero-order valence-electron chi connectivity index (χ0n) is 16.4. The summed E-state index contributed by atoms with van der Waals surface area (Å²) < 4.78 is 3.31. The van der Waals surface area contributed by atoms with Gasteiger partial charge in [-0.15, -0.1) is 0 Å². The fourth-order valence-corrected chi connectivity index (χ4v) is 3.03. The van der Waals surface area contributed by atoms with Crippen LogP contribution in [0.4, 0.5) is 5.69 Å². The number of hydrogen-bond acceptors (Lipinski definition) is 4. The van der Waals surface area contributed by atoms with Crippen molar-refractivity contribution in [3.8, 4) is 0 Å². The highest BCUT2D eigenvalue weighted by Crippen LogP contribution is 2.19. The predicted octanol–water partition coefficient (Wildman–Crippen LogP) is 2.71. The molecule has 142 valence electrons. The Labute approximate surface area is 158 Å². The highest BCUT2D eigenvalue weighted by molar-refractivity contribution is 5.92. The molecule has 0 unspecified atom stereocenters. The number of amides is 1. The van der Waals surface area contributed by atoms with E-state index in [1.54, 1.807) is 34.3 Å². The molecule has 2 heterocycles. The summed E-state index contributed by atoms with van der Waals surface area (Å²) in [4.78, 5) is 31.6. The molecule has 7 heteroatoms. The Morgan fingerprint density at radius 1 is 1.19 bits per heavy atom. The normalized spacial score (nSPS) is 11.7. The molecule has 0 aliphatic heterocycles. The van der Waals surface area contributed by atoms with E-state index in [0.717, 1.165) is 5.69 Å². The van der Waals surface area contributed by atoms with Crippen LogP contribution < -0.4 is 10.5 Å². The van der Waals surface area contributed by atoms with Gasteiger partial charge in [-0.3, -0.25) is 14.2 Å². The number of carbonyl (C=O) groups excluding carboxylic acids is 1. The van der Waals surface area contributed by atoms with Gasteiger partial charge in [0.2, 0.25) is 5.91 Å². The first kappa shape index (κ1) is 18.8. The van der Waals surface area contributed by atoms with Crippen molar-refractivity contribution in [3.63, 3.8) is 0 Å². The monoisotopic (exact) mass is 367 g/mol. The topological polar surface area (TPSA) is 73.0 Å². The third-order valence-electron chi connectivity index (χ3n) is 4.58. The average molecular weight is 367 g/mol. The zero-order valence-corrected chi connectivity index (χ0v) is 16.4. The van der Waals surface area contributed by atoms with E-state index in [2.05, 4.69) is 10.1 Å². The number of para-hydroxylation sites is 1. The van der Waals surface area contributed by atoms with Crippen LogP contribution in [0.3, 0.4) is 0 Å². The molecule has 0 saturated heterocycles. The van der Waals surface area contributed by atoms with Crippen molar-refractivity contribution < 1.29 is 4.79 Å². The van der Waals surface area contributed by atoms with Crippen molar-refractivity contribution in [2.45, 2.75) is 46.2 Å². The Hall–Kier alpha value is -2.96. The minimum Gasteiger partial charge on any atom is -0.315 e. The van der Waals surface area contributed by atoms with E-state index in [0.29, 0.717) is 16.9 Å². The van der Waals surface area contributed by atoms with Crippen LogP contribution in [-0.4, -0.2) is 32.3 Å². The van der Waals surface area contributed by atoms with E-state index in [1.807, 2.05) is 51.1 Å². The van der Waals surface area contributed by atoms with E-state index < -0.39 is 0 Å². The van der Waals surface area contributed by atoms with Crippen LogP contribution in [0, 0.1) is 6.92 Å². The maximum atomic E-state index is 12.9. The minimum absolute atomic E-state index is 0.0574. The largest absolute Gasteiger partial charge is 0.315 e. The SMILES string of the molecule is Cc1nc2c(cnn2C(C)(C)C)c(=O)n1CCC(=O)N(C)c1ccccc1. The number of anilines is 1. The van der Waals surface area contributed by atoms with Crippen molar-refractivity contribution >= 4 is 22.6 Å². The Balaban J connectivity index is 1.86.